The number of hydrogen-bond donors (Lipinski definition) is 2. The summed E-state index contributed by atoms with van der Waals surface area (Å²) in [6, 6.07) is 3.20. The lowest BCUT2D eigenvalue weighted by molar-refractivity contribution is 0.172. The van der Waals surface area contributed by atoms with Crippen LogP contribution in [0.1, 0.15) is 19.3 Å². The van der Waals surface area contributed by atoms with Crippen molar-refractivity contribution < 1.29 is 13.9 Å². The molecule has 2 nitrogen and oxygen atoms in total. The molecule has 0 heterocycles. The molecule has 0 radical (unpaired) electrons. The summed E-state index contributed by atoms with van der Waals surface area (Å²) in [5.74, 6) is -1.21. The van der Waals surface area contributed by atoms with Gasteiger partial charge in [0, 0.05) is 11.8 Å². The highest BCUT2D eigenvalue weighted by molar-refractivity contribution is 5.45. The molecule has 2 atom stereocenters. The van der Waals surface area contributed by atoms with E-state index in [1.807, 2.05) is 0 Å². The lowest BCUT2D eigenvalue weighted by atomic mass is 10.2. The van der Waals surface area contributed by atoms with Crippen molar-refractivity contribution >= 4 is 5.69 Å². The summed E-state index contributed by atoms with van der Waals surface area (Å²) in [5.41, 5.74) is 0.387. The van der Waals surface area contributed by atoms with Gasteiger partial charge in [0.2, 0.25) is 0 Å². The van der Waals surface area contributed by atoms with Crippen LogP contribution in [0.25, 0.3) is 0 Å². The molecule has 0 bridgehead atoms. The molecule has 2 unspecified atom stereocenters. The molecule has 0 spiro atoms. The number of nitrogens with one attached hydrogen (secondary N) is 1. The number of rotatable bonds is 2. The highest BCUT2D eigenvalue weighted by Crippen LogP contribution is 2.23. The van der Waals surface area contributed by atoms with Gasteiger partial charge in [-0.05, 0) is 31.4 Å². The van der Waals surface area contributed by atoms with Crippen LogP contribution in [-0.4, -0.2) is 17.3 Å². The molecule has 2 rings (SSSR count). The first kappa shape index (κ1) is 10.4. The molecule has 0 amide bonds. The van der Waals surface area contributed by atoms with Gasteiger partial charge in [-0.1, -0.05) is 0 Å². The molecule has 15 heavy (non-hydrogen) atoms. The Bertz CT molecular complexity index is 336. The predicted octanol–water partition coefficient (Wildman–Crippen LogP) is 2.29. The lowest BCUT2D eigenvalue weighted by Crippen LogP contribution is -2.27. The molecular weight excluding hydrogens is 200 g/mol. The third kappa shape index (κ3) is 2.45. The van der Waals surface area contributed by atoms with Crippen molar-refractivity contribution in [2.75, 3.05) is 5.32 Å². The van der Waals surface area contributed by atoms with Crippen molar-refractivity contribution in [2.45, 2.75) is 31.4 Å². The first-order chi connectivity index (χ1) is 7.15. The highest BCUT2D eigenvalue weighted by Gasteiger charge is 2.24. The van der Waals surface area contributed by atoms with Crippen molar-refractivity contribution in [2.24, 2.45) is 0 Å². The minimum absolute atomic E-state index is 0.0915. The van der Waals surface area contributed by atoms with Crippen molar-refractivity contribution in [3.05, 3.63) is 29.8 Å². The Morgan fingerprint density at radius 3 is 2.33 bits per heavy atom. The SMILES string of the molecule is OC1CCCC1Nc1cc(F)cc(F)c1. The molecule has 1 aromatic rings. The molecule has 1 saturated carbocycles. The lowest BCUT2D eigenvalue weighted by Gasteiger charge is -2.17. The first-order valence-corrected chi connectivity index (χ1v) is 5.06. The van der Waals surface area contributed by atoms with E-state index < -0.39 is 17.7 Å². The van der Waals surface area contributed by atoms with Crippen LogP contribution in [0.2, 0.25) is 0 Å². The summed E-state index contributed by atoms with van der Waals surface area (Å²) in [4.78, 5) is 0. The topological polar surface area (TPSA) is 32.3 Å². The van der Waals surface area contributed by atoms with Crippen LogP contribution in [0.15, 0.2) is 18.2 Å². The maximum Gasteiger partial charge on any atom is 0.128 e. The average Bonchev–Trinajstić information content (AvgIpc) is 2.50. The Morgan fingerprint density at radius 1 is 1.13 bits per heavy atom. The number of benzene rings is 1. The molecule has 1 fully saturated rings. The van der Waals surface area contributed by atoms with Gasteiger partial charge in [-0.15, -0.1) is 0 Å². The third-order valence-electron chi connectivity index (χ3n) is 2.69. The zero-order valence-electron chi connectivity index (χ0n) is 8.21. The van der Waals surface area contributed by atoms with Crippen LogP contribution in [0, 0.1) is 11.6 Å². The summed E-state index contributed by atoms with van der Waals surface area (Å²) < 4.78 is 25.7. The Labute approximate surface area is 86.9 Å². The molecule has 0 aromatic heterocycles. The molecule has 0 saturated heterocycles. The number of hydrogen-bond acceptors (Lipinski definition) is 2. The monoisotopic (exact) mass is 213 g/mol. The second-order valence-corrected chi connectivity index (χ2v) is 3.91. The molecule has 1 aliphatic rings. The standard InChI is InChI=1S/C11H13F2NO/c12-7-4-8(13)6-9(5-7)14-10-2-1-3-11(10)15/h4-6,10-11,14-15H,1-3H2. The van der Waals surface area contributed by atoms with Crippen LogP contribution in [0.4, 0.5) is 14.5 Å². The van der Waals surface area contributed by atoms with Gasteiger partial charge >= 0.3 is 0 Å². The maximum absolute atomic E-state index is 12.9. The summed E-state index contributed by atoms with van der Waals surface area (Å²) >= 11 is 0. The van der Waals surface area contributed by atoms with E-state index in [1.165, 1.54) is 12.1 Å². The van der Waals surface area contributed by atoms with Gasteiger partial charge in [0.25, 0.3) is 0 Å². The van der Waals surface area contributed by atoms with E-state index in [4.69, 9.17) is 0 Å². The van der Waals surface area contributed by atoms with E-state index >= 15 is 0 Å². The van der Waals surface area contributed by atoms with Gasteiger partial charge in [0.15, 0.2) is 0 Å². The van der Waals surface area contributed by atoms with E-state index in [9.17, 15) is 13.9 Å². The van der Waals surface area contributed by atoms with Gasteiger partial charge < -0.3 is 10.4 Å². The molecule has 4 heteroatoms. The Morgan fingerprint density at radius 2 is 1.80 bits per heavy atom. The first-order valence-electron chi connectivity index (χ1n) is 5.06. The second-order valence-electron chi connectivity index (χ2n) is 3.91. The third-order valence-corrected chi connectivity index (χ3v) is 2.69. The number of halogens is 2. The number of aliphatic hydroxyl groups is 1. The minimum Gasteiger partial charge on any atom is -0.391 e. The quantitative estimate of drug-likeness (QED) is 0.790. The maximum atomic E-state index is 12.9. The van der Waals surface area contributed by atoms with E-state index in [1.54, 1.807) is 0 Å². The fraction of sp³-hybridized carbons (Fsp3) is 0.455. The summed E-state index contributed by atoms with van der Waals surface area (Å²) in [6.07, 6.45) is 2.10. The Balaban J connectivity index is 2.10. The zero-order valence-corrected chi connectivity index (χ0v) is 8.21. The molecule has 1 aromatic carbocycles. The summed E-state index contributed by atoms with van der Waals surface area (Å²) in [6.45, 7) is 0. The van der Waals surface area contributed by atoms with Gasteiger partial charge in [0.05, 0.1) is 12.1 Å². The van der Waals surface area contributed by atoms with Gasteiger partial charge in [-0.25, -0.2) is 8.78 Å². The average molecular weight is 213 g/mol. The Hall–Kier alpha value is -1.16. The normalized spacial score (nSPS) is 25.5. The molecule has 2 N–H and O–H groups in total. The predicted molar refractivity (Wildman–Crippen MR) is 53.6 cm³/mol. The number of anilines is 1. The van der Waals surface area contributed by atoms with Gasteiger partial charge in [-0.3, -0.25) is 0 Å². The largest absolute Gasteiger partial charge is 0.391 e. The minimum atomic E-state index is -0.606. The summed E-state index contributed by atoms with van der Waals surface area (Å²) in [5, 5.41) is 12.5. The molecule has 82 valence electrons. The molecule has 1 aliphatic carbocycles. The van der Waals surface area contributed by atoms with Gasteiger partial charge in [0.1, 0.15) is 11.6 Å². The van der Waals surface area contributed by atoms with E-state index in [0.29, 0.717) is 5.69 Å². The van der Waals surface area contributed by atoms with Crippen LogP contribution in [-0.2, 0) is 0 Å². The van der Waals surface area contributed by atoms with Crippen molar-refractivity contribution in [3.8, 4) is 0 Å². The van der Waals surface area contributed by atoms with Crippen molar-refractivity contribution in [3.63, 3.8) is 0 Å². The number of aliphatic hydroxyl groups excluding tert-OH is 1. The second kappa shape index (κ2) is 4.14. The van der Waals surface area contributed by atoms with Crippen LogP contribution in [0.5, 0.6) is 0 Å². The summed E-state index contributed by atoms with van der Waals surface area (Å²) in [7, 11) is 0. The van der Waals surface area contributed by atoms with E-state index in [2.05, 4.69) is 5.32 Å². The smallest absolute Gasteiger partial charge is 0.128 e. The van der Waals surface area contributed by atoms with E-state index in [-0.39, 0.29) is 6.04 Å². The van der Waals surface area contributed by atoms with Crippen molar-refractivity contribution in [1.29, 1.82) is 0 Å². The van der Waals surface area contributed by atoms with E-state index in [0.717, 1.165) is 25.3 Å². The highest BCUT2D eigenvalue weighted by atomic mass is 19.1. The zero-order chi connectivity index (χ0) is 10.8. The Kier molecular flexibility index (Phi) is 2.86. The van der Waals surface area contributed by atoms with Gasteiger partial charge in [-0.2, -0.15) is 0 Å². The van der Waals surface area contributed by atoms with Crippen LogP contribution < -0.4 is 5.32 Å². The van der Waals surface area contributed by atoms with Crippen LogP contribution >= 0.6 is 0 Å². The molecule has 0 aliphatic heterocycles. The van der Waals surface area contributed by atoms with Crippen molar-refractivity contribution in [1.82, 2.24) is 0 Å². The molecular formula is C11H13F2NO. The fourth-order valence-electron chi connectivity index (χ4n) is 1.96. The van der Waals surface area contributed by atoms with Crippen LogP contribution in [0.3, 0.4) is 0 Å². The fourth-order valence-corrected chi connectivity index (χ4v) is 1.96.